The smallest absolute Gasteiger partial charge is 0.230 e. The second kappa shape index (κ2) is 5.40. The molecule has 7 nitrogen and oxygen atoms in total. The Bertz CT molecular complexity index is 688. The van der Waals surface area contributed by atoms with Crippen LogP contribution in [0.3, 0.4) is 0 Å². The molecule has 3 aliphatic rings. The Morgan fingerprint density at radius 3 is 2.61 bits per heavy atom. The van der Waals surface area contributed by atoms with Gasteiger partial charge in [-0.05, 0) is 45.1 Å². The van der Waals surface area contributed by atoms with Crippen molar-refractivity contribution in [1.29, 1.82) is 0 Å². The molecule has 0 aromatic carbocycles. The van der Waals surface area contributed by atoms with Gasteiger partial charge in [0.2, 0.25) is 17.7 Å². The zero-order chi connectivity index (χ0) is 15.2. The predicted octanol–water partition coefficient (Wildman–Crippen LogP) is 2.59. The van der Waals surface area contributed by atoms with Crippen molar-refractivity contribution < 1.29 is 8.94 Å². The lowest BCUT2D eigenvalue weighted by Gasteiger charge is -2.29. The highest BCUT2D eigenvalue weighted by molar-refractivity contribution is 5.06. The van der Waals surface area contributed by atoms with Crippen LogP contribution in [0.5, 0.6) is 0 Å². The Morgan fingerprint density at radius 1 is 0.957 bits per heavy atom. The van der Waals surface area contributed by atoms with E-state index in [9.17, 15) is 0 Å². The molecule has 3 fully saturated rings. The van der Waals surface area contributed by atoms with E-state index in [0.29, 0.717) is 17.8 Å². The normalized spacial score (nSPS) is 25.8. The molecule has 2 aromatic heterocycles. The van der Waals surface area contributed by atoms with E-state index >= 15 is 0 Å². The summed E-state index contributed by atoms with van der Waals surface area (Å²) in [6.45, 7) is 2.72. The summed E-state index contributed by atoms with van der Waals surface area (Å²) in [6, 6.07) is 0. The Balaban J connectivity index is 1.24. The third-order valence-electron chi connectivity index (χ3n) is 5.02. The third-order valence-corrected chi connectivity index (χ3v) is 5.02. The van der Waals surface area contributed by atoms with E-state index in [0.717, 1.165) is 56.0 Å². The van der Waals surface area contributed by atoms with Gasteiger partial charge in [0.1, 0.15) is 0 Å². The zero-order valence-corrected chi connectivity index (χ0v) is 13.1. The fraction of sp³-hybridized carbons (Fsp3) is 0.750. The molecule has 7 heteroatoms. The van der Waals surface area contributed by atoms with E-state index in [2.05, 4.69) is 25.2 Å². The first-order valence-electron chi connectivity index (χ1n) is 8.73. The van der Waals surface area contributed by atoms with Crippen LogP contribution in [-0.2, 0) is 6.54 Å². The van der Waals surface area contributed by atoms with E-state index in [1.165, 1.54) is 25.7 Å². The molecule has 122 valence electrons. The highest BCUT2D eigenvalue weighted by Crippen LogP contribution is 2.40. The van der Waals surface area contributed by atoms with Gasteiger partial charge in [-0.1, -0.05) is 5.16 Å². The lowest BCUT2D eigenvalue weighted by molar-refractivity contribution is 0.178. The average Bonchev–Trinajstić information content (AvgIpc) is 3.51. The van der Waals surface area contributed by atoms with Gasteiger partial charge < -0.3 is 8.94 Å². The van der Waals surface area contributed by atoms with Gasteiger partial charge >= 0.3 is 0 Å². The van der Waals surface area contributed by atoms with Crippen LogP contribution in [0.15, 0.2) is 8.94 Å². The first-order valence-corrected chi connectivity index (χ1v) is 8.73. The molecule has 1 saturated heterocycles. The van der Waals surface area contributed by atoms with Crippen LogP contribution in [0, 0.1) is 0 Å². The van der Waals surface area contributed by atoms with Crippen molar-refractivity contribution in [3.05, 3.63) is 23.5 Å². The summed E-state index contributed by atoms with van der Waals surface area (Å²) >= 11 is 0. The standard InChI is InChI=1S/C16H21N5O2/c1-2-12(14-17-15(23-20-14)10-3-4-10)8-21(7-1)9-13-18-19-16(22-13)11-5-6-11/h10-12H,1-9H2/t12-/m0/s1. The minimum absolute atomic E-state index is 0.353. The second-order valence-corrected chi connectivity index (χ2v) is 7.15. The lowest BCUT2D eigenvalue weighted by Crippen LogP contribution is -2.34. The molecule has 0 radical (unpaired) electrons. The van der Waals surface area contributed by atoms with E-state index in [-0.39, 0.29) is 0 Å². The molecule has 2 aromatic rings. The van der Waals surface area contributed by atoms with Crippen LogP contribution in [-0.4, -0.2) is 38.3 Å². The highest BCUT2D eigenvalue weighted by Gasteiger charge is 2.33. The van der Waals surface area contributed by atoms with Crippen molar-refractivity contribution in [2.45, 2.75) is 62.8 Å². The number of rotatable bonds is 5. The fourth-order valence-electron chi connectivity index (χ4n) is 3.34. The van der Waals surface area contributed by atoms with Crippen molar-refractivity contribution in [2.24, 2.45) is 0 Å². The summed E-state index contributed by atoms with van der Waals surface area (Å²) in [5.74, 6) is 4.66. The van der Waals surface area contributed by atoms with Crippen LogP contribution >= 0.6 is 0 Å². The number of aromatic nitrogens is 4. The molecule has 0 spiro atoms. The van der Waals surface area contributed by atoms with E-state index < -0.39 is 0 Å². The maximum Gasteiger partial charge on any atom is 0.230 e. The fourth-order valence-corrected chi connectivity index (χ4v) is 3.34. The molecule has 2 saturated carbocycles. The van der Waals surface area contributed by atoms with E-state index in [1.807, 2.05) is 0 Å². The second-order valence-electron chi connectivity index (χ2n) is 7.15. The number of likely N-dealkylation sites (tertiary alicyclic amines) is 1. The van der Waals surface area contributed by atoms with Crippen molar-refractivity contribution >= 4 is 0 Å². The Kier molecular flexibility index (Phi) is 3.21. The third kappa shape index (κ3) is 2.89. The largest absolute Gasteiger partial charge is 0.424 e. The van der Waals surface area contributed by atoms with E-state index in [1.54, 1.807) is 0 Å². The summed E-state index contributed by atoms with van der Waals surface area (Å²) in [7, 11) is 0. The molecule has 0 amide bonds. The van der Waals surface area contributed by atoms with Gasteiger partial charge in [0.15, 0.2) is 5.82 Å². The first kappa shape index (κ1) is 13.7. The topological polar surface area (TPSA) is 81.1 Å². The van der Waals surface area contributed by atoms with Gasteiger partial charge in [-0.3, -0.25) is 4.90 Å². The monoisotopic (exact) mass is 315 g/mol. The van der Waals surface area contributed by atoms with E-state index in [4.69, 9.17) is 8.94 Å². The van der Waals surface area contributed by atoms with Crippen molar-refractivity contribution in [3.8, 4) is 0 Å². The zero-order valence-electron chi connectivity index (χ0n) is 13.1. The van der Waals surface area contributed by atoms with Gasteiger partial charge in [0.25, 0.3) is 0 Å². The predicted molar refractivity (Wildman–Crippen MR) is 79.8 cm³/mol. The molecule has 0 unspecified atom stereocenters. The van der Waals surface area contributed by atoms with Crippen LogP contribution < -0.4 is 0 Å². The number of piperidine rings is 1. The lowest BCUT2D eigenvalue weighted by atomic mass is 9.97. The molecule has 0 N–H and O–H groups in total. The van der Waals surface area contributed by atoms with Crippen LogP contribution in [0.2, 0.25) is 0 Å². The molecule has 2 aliphatic carbocycles. The molecule has 5 rings (SSSR count). The number of hydrogen-bond donors (Lipinski definition) is 0. The molecule has 1 aliphatic heterocycles. The molecule has 3 heterocycles. The number of nitrogens with zero attached hydrogens (tertiary/aromatic N) is 5. The van der Waals surface area contributed by atoms with Gasteiger partial charge in [-0.2, -0.15) is 4.98 Å². The Morgan fingerprint density at radius 2 is 1.78 bits per heavy atom. The molecule has 23 heavy (non-hydrogen) atoms. The van der Waals surface area contributed by atoms with Gasteiger partial charge in [0.05, 0.1) is 6.54 Å². The summed E-state index contributed by atoms with van der Waals surface area (Å²) in [5, 5.41) is 12.6. The Hall–Kier alpha value is -1.76. The summed E-state index contributed by atoms with van der Waals surface area (Å²) < 4.78 is 11.2. The summed E-state index contributed by atoms with van der Waals surface area (Å²) in [5.41, 5.74) is 0. The van der Waals surface area contributed by atoms with Gasteiger partial charge in [-0.25, -0.2) is 0 Å². The van der Waals surface area contributed by atoms with Crippen molar-refractivity contribution in [1.82, 2.24) is 25.2 Å². The Labute approximate surface area is 134 Å². The van der Waals surface area contributed by atoms with Crippen LogP contribution in [0.25, 0.3) is 0 Å². The van der Waals surface area contributed by atoms with Crippen molar-refractivity contribution in [3.63, 3.8) is 0 Å². The summed E-state index contributed by atoms with van der Waals surface area (Å²) in [6.07, 6.45) is 7.03. The minimum Gasteiger partial charge on any atom is -0.424 e. The van der Waals surface area contributed by atoms with Crippen LogP contribution in [0.4, 0.5) is 0 Å². The van der Waals surface area contributed by atoms with Crippen molar-refractivity contribution in [2.75, 3.05) is 13.1 Å². The van der Waals surface area contributed by atoms with Gasteiger partial charge in [0, 0.05) is 24.3 Å². The SMILES string of the molecule is C1C[C@H](c2noc(C3CC3)n2)CN(Cc2nnc(C3CC3)o2)C1. The quantitative estimate of drug-likeness (QED) is 0.838. The minimum atomic E-state index is 0.353. The number of hydrogen-bond acceptors (Lipinski definition) is 7. The summed E-state index contributed by atoms with van der Waals surface area (Å²) in [4.78, 5) is 6.98. The van der Waals surface area contributed by atoms with Gasteiger partial charge in [-0.15, -0.1) is 10.2 Å². The first-order chi connectivity index (χ1) is 11.3. The van der Waals surface area contributed by atoms with Crippen LogP contribution in [0.1, 0.15) is 79.8 Å². The highest BCUT2D eigenvalue weighted by atomic mass is 16.5. The molecule has 0 bridgehead atoms. The molecular weight excluding hydrogens is 294 g/mol. The molecular formula is C16H21N5O2. The average molecular weight is 315 g/mol. The molecule has 1 atom stereocenters. The maximum absolute atomic E-state index is 5.78. The maximum atomic E-state index is 5.78.